The Morgan fingerprint density at radius 1 is 1.17 bits per heavy atom. The smallest absolute Gasteiger partial charge is 0.308 e. The average Bonchev–Trinajstić information content (AvgIpc) is 2.32. The van der Waals surface area contributed by atoms with E-state index in [4.69, 9.17) is 23.2 Å². The van der Waals surface area contributed by atoms with Gasteiger partial charge in [0.1, 0.15) is 5.15 Å². The molecule has 2 aromatic heterocycles. The van der Waals surface area contributed by atoms with Gasteiger partial charge in [-0.2, -0.15) is 0 Å². The lowest BCUT2D eigenvalue weighted by Crippen LogP contribution is -2.19. The molecule has 2 N–H and O–H groups in total. The van der Waals surface area contributed by atoms with Crippen molar-refractivity contribution < 1.29 is 4.79 Å². The maximum Gasteiger partial charge on any atom is 0.323 e. The van der Waals surface area contributed by atoms with Gasteiger partial charge >= 0.3 is 6.03 Å². The van der Waals surface area contributed by atoms with Gasteiger partial charge in [-0.25, -0.2) is 9.78 Å². The number of anilines is 2. The van der Waals surface area contributed by atoms with E-state index in [9.17, 15) is 4.79 Å². The van der Waals surface area contributed by atoms with Crippen LogP contribution in [-0.2, 0) is 0 Å². The molecular formula is C11H8Cl2N4O. The van der Waals surface area contributed by atoms with Gasteiger partial charge in [-0.1, -0.05) is 23.2 Å². The van der Waals surface area contributed by atoms with Gasteiger partial charge in [0.25, 0.3) is 0 Å². The topological polar surface area (TPSA) is 66.9 Å². The molecule has 0 aliphatic heterocycles. The van der Waals surface area contributed by atoms with E-state index in [0.717, 1.165) is 0 Å². The third-order valence-electron chi connectivity index (χ3n) is 2.01. The zero-order valence-electron chi connectivity index (χ0n) is 9.02. The molecule has 2 amide bonds. The molecule has 2 aromatic rings. The number of nitrogens with one attached hydrogen (secondary N) is 2. The first-order valence-electron chi connectivity index (χ1n) is 4.94. The van der Waals surface area contributed by atoms with Crippen LogP contribution in [0.15, 0.2) is 36.8 Å². The fourth-order valence-electron chi connectivity index (χ4n) is 1.24. The van der Waals surface area contributed by atoms with E-state index in [1.54, 1.807) is 12.1 Å². The first-order chi connectivity index (χ1) is 8.65. The van der Waals surface area contributed by atoms with Crippen LogP contribution in [0.3, 0.4) is 0 Å². The van der Waals surface area contributed by atoms with Crippen molar-refractivity contribution in [3.05, 3.63) is 47.0 Å². The third-order valence-corrected chi connectivity index (χ3v) is 2.51. The molecule has 0 saturated heterocycles. The quantitative estimate of drug-likeness (QED) is 0.830. The molecule has 2 heterocycles. The summed E-state index contributed by atoms with van der Waals surface area (Å²) in [6.07, 6.45) is 4.47. The first-order valence-corrected chi connectivity index (χ1v) is 5.70. The van der Waals surface area contributed by atoms with Crippen LogP contribution in [0.1, 0.15) is 0 Å². The number of amides is 2. The maximum absolute atomic E-state index is 11.7. The molecular weight excluding hydrogens is 275 g/mol. The minimum atomic E-state index is -0.426. The van der Waals surface area contributed by atoms with Gasteiger partial charge < -0.3 is 10.6 Å². The number of halogens is 2. The summed E-state index contributed by atoms with van der Waals surface area (Å²) < 4.78 is 0. The molecule has 2 rings (SSSR count). The highest BCUT2D eigenvalue weighted by Gasteiger charge is 2.05. The number of pyridine rings is 2. The minimum Gasteiger partial charge on any atom is -0.308 e. The van der Waals surface area contributed by atoms with Crippen molar-refractivity contribution in [2.45, 2.75) is 0 Å². The van der Waals surface area contributed by atoms with Crippen LogP contribution in [0, 0.1) is 0 Å². The third kappa shape index (κ3) is 3.32. The van der Waals surface area contributed by atoms with Crippen molar-refractivity contribution in [2.24, 2.45) is 0 Å². The van der Waals surface area contributed by atoms with E-state index in [1.807, 2.05) is 0 Å². The van der Waals surface area contributed by atoms with Gasteiger partial charge in [0, 0.05) is 24.3 Å². The van der Waals surface area contributed by atoms with Crippen LogP contribution < -0.4 is 10.6 Å². The lowest BCUT2D eigenvalue weighted by atomic mass is 10.4. The molecule has 92 valence electrons. The van der Waals surface area contributed by atoms with E-state index in [1.165, 1.54) is 24.7 Å². The van der Waals surface area contributed by atoms with E-state index in [0.29, 0.717) is 21.6 Å². The van der Waals surface area contributed by atoms with E-state index in [-0.39, 0.29) is 0 Å². The van der Waals surface area contributed by atoms with E-state index in [2.05, 4.69) is 20.6 Å². The summed E-state index contributed by atoms with van der Waals surface area (Å²) in [6.45, 7) is 0. The summed E-state index contributed by atoms with van der Waals surface area (Å²) in [5.41, 5.74) is 1.02. The number of hydrogen-bond acceptors (Lipinski definition) is 3. The molecule has 0 atom stereocenters. The zero-order chi connectivity index (χ0) is 13.0. The van der Waals surface area contributed by atoms with E-state index < -0.39 is 6.03 Å². The molecule has 18 heavy (non-hydrogen) atoms. The lowest BCUT2D eigenvalue weighted by Gasteiger charge is -2.08. The predicted molar refractivity (Wildman–Crippen MR) is 71.1 cm³/mol. The van der Waals surface area contributed by atoms with Gasteiger partial charge in [0.15, 0.2) is 0 Å². The lowest BCUT2D eigenvalue weighted by molar-refractivity contribution is 0.262. The summed E-state index contributed by atoms with van der Waals surface area (Å²) >= 11 is 11.6. The average molecular weight is 283 g/mol. The summed E-state index contributed by atoms with van der Waals surface area (Å²) in [6, 6.07) is 4.33. The second-order valence-electron chi connectivity index (χ2n) is 3.30. The summed E-state index contributed by atoms with van der Waals surface area (Å²) in [7, 11) is 0. The minimum absolute atomic E-state index is 0.301. The number of carbonyl (C=O) groups excluding carboxylic acids is 1. The molecule has 0 unspecified atom stereocenters. The van der Waals surface area contributed by atoms with Crippen molar-refractivity contribution in [2.75, 3.05) is 10.6 Å². The molecule has 0 bridgehead atoms. The van der Waals surface area contributed by atoms with Crippen LogP contribution in [0.25, 0.3) is 0 Å². The number of urea groups is 1. The number of carbonyl (C=O) groups is 1. The van der Waals surface area contributed by atoms with Gasteiger partial charge in [0.2, 0.25) is 0 Å². The Kier molecular flexibility index (Phi) is 3.96. The molecule has 5 nitrogen and oxygen atoms in total. The highest BCUT2D eigenvalue weighted by atomic mass is 35.5. The molecule has 0 spiro atoms. The second-order valence-corrected chi connectivity index (χ2v) is 4.10. The van der Waals surface area contributed by atoms with Crippen LogP contribution in [-0.4, -0.2) is 16.0 Å². The van der Waals surface area contributed by atoms with Crippen molar-refractivity contribution >= 4 is 40.6 Å². The Hall–Kier alpha value is -1.85. The maximum atomic E-state index is 11.7. The molecule has 0 radical (unpaired) electrons. The molecule has 7 heteroatoms. The van der Waals surface area contributed by atoms with Gasteiger partial charge in [0.05, 0.1) is 10.7 Å². The molecule has 0 aliphatic rings. The van der Waals surface area contributed by atoms with Gasteiger partial charge in [-0.15, -0.1) is 0 Å². The molecule has 0 saturated carbocycles. The molecule has 0 fully saturated rings. The number of nitrogens with zero attached hydrogens (tertiary/aromatic N) is 2. The van der Waals surface area contributed by atoms with Crippen LogP contribution in [0.4, 0.5) is 16.2 Å². The van der Waals surface area contributed by atoms with Gasteiger partial charge in [-0.3, -0.25) is 4.98 Å². The summed E-state index contributed by atoms with van der Waals surface area (Å²) in [5.74, 6) is 0. The number of rotatable bonds is 2. The van der Waals surface area contributed by atoms with Crippen molar-refractivity contribution in [3.8, 4) is 0 Å². The first kappa shape index (κ1) is 12.6. The van der Waals surface area contributed by atoms with Crippen molar-refractivity contribution in [1.82, 2.24) is 9.97 Å². The van der Waals surface area contributed by atoms with Crippen molar-refractivity contribution in [1.29, 1.82) is 0 Å². The monoisotopic (exact) mass is 282 g/mol. The van der Waals surface area contributed by atoms with Crippen LogP contribution in [0.5, 0.6) is 0 Å². The van der Waals surface area contributed by atoms with E-state index >= 15 is 0 Å². The Bertz CT molecular complexity index is 576. The highest BCUT2D eigenvalue weighted by molar-refractivity contribution is 6.33. The molecule has 0 aromatic carbocycles. The van der Waals surface area contributed by atoms with Crippen LogP contribution >= 0.6 is 23.2 Å². The summed E-state index contributed by atoms with van der Waals surface area (Å²) in [5, 5.41) is 5.86. The Morgan fingerprint density at radius 3 is 2.72 bits per heavy atom. The number of hydrogen-bond donors (Lipinski definition) is 2. The standard InChI is InChI=1S/C11H8Cl2N4O/c12-8-6-14-3-2-9(8)17-11(18)16-7-1-4-15-10(13)5-7/h1-6H,(H2,14,15,16,17,18). The Morgan fingerprint density at radius 2 is 2.00 bits per heavy atom. The van der Waals surface area contributed by atoms with Crippen LogP contribution in [0.2, 0.25) is 10.2 Å². The summed E-state index contributed by atoms with van der Waals surface area (Å²) in [4.78, 5) is 19.3. The highest BCUT2D eigenvalue weighted by Crippen LogP contribution is 2.19. The predicted octanol–water partition coefficient (Wildman–Crippen LogP) is 3.43. The largest absolute Gasteiger partial charge is 0.323 e. The molecule has 0 aliphatic carbocycles. The Balaban J connectivity index is 2.03. The fraction of sp³-hybridized carbons (Fsp3) is 0. The Labute approximate surface area is 113 Å². The fourth-order valence-corrected chi connectivity index (χ4v) is 1.58. The van der Waals surface area contributed by atoms with Crippen molar-refractivity contribution in [3.63, 3.8) is 0 Å². The zero-order valence-corrected chi connectivity index (χ0v) is 10.5. The normalized spacial score (nSPS) is 9.89. The number of aromatic nitrogens is 2. The van der Waals surface area contributed by atoms with Gasteiger partial charge in [-0.05, 0) is 18.2 Å². The SMILES string of the molecule is O=C(Nc1ccnc(Cl)c1)Nc1ccncc1Cl. The second kappa shape index (κ2) is 5.66.